The van der Waals surface area contributed by atoms with Crippen LogP contribution in [0.15, 0.2) is 0 Å². The van der Waals surface area contributed by atoms with Gasteiger partial charge in [0, 0.05) is 5.92 Å². The summed E-state index contributed by atoms with van der Waals surface area (Å²) < 4.78 is 0. The van der Waals surface area contributed by atoms with Gasteiger partial charge in [0.05, 0.1) is 0 Å². The quantitative estimate of drug-likeness (QED) is 0.553. The molecule has 0 bridgehead atoms. The van der Waals surface area contributed by atoms with Gasteiger partial charge in [0.25, 0.3) is 0 Å². The van der Waals surface area contributed by atoms with Crippen LogP contribution in [-0.4, -0.2) is 19.5 Å². The highest BCUT2D eigenvalue weighted by Gasteiger charge is 2.06. The van der Waals surface area contributed by atoms with Crippen molar-refractivity contribution in [1.29, 1.82) is 0 Å². The van der Waals surface area contributed by atoms with Crippen molar-refractivity contribution in [3.05, 3.63) is 0 Å². The molecule has 11 heavy (non-hydrogen) atoms. The van der Waals surface area contributed by atoms with E-state index >= 15 is 0 Å². The lowest BCUT2D eigenvalue weighted by Crippen LogP contribution is -2.20. The highest BCUT2D eigenvalue weighted by atomic mass is 16.1. The molecule has 0 aliphatic rings. The highest BCUT2D eigenvalue weighted by molar-refractivity contribution is 5.76. The van der Waals surface area contributed by atoms with Crippen molar-refractivity contribution >= 4 is 5.91 Å². The van der Waals surface area contributed by atoms with Gasteiger partial charge in [0.1, 0.15) is 0 Å². The second-order valence-corrected chi connectivity index (χ2v) is 2.90. The molecule has 3 N–H and O–H groups in total. The van der Waals surface area contributed by atoms with E-state index in [-0.39, 0.29) is 11.8 Å². The number of nitrogens with one attached hydrogen (secondary N) is 1. The van der Waals surface area contributed by atoms with Crippen LogP contribution in [0.4, 0.5) is 0 Å². The monoisotopic (exact) mass is 158 g/mol. The Labute approximate surface area is 68.3 Å². The van der Waals surface area contributed by atoms with Crippen molar-refractivity contribution in [2.45, 2.75) is 26.2 Å². The van der Waals surface area contributed by atoms with Crippen LogP contribution in [0.1, 0.15) is 26.2 Å². The number of amides is 1. The number of hydrogen-bond acceptors (Lipinski definition) is 2. The zero-order valence-corrected chi connectivity index (χ0v) is 7.39. The Balaban J connectivity index is 3.17. The average Bonchev–Trinajstić information content (AvgIpc) is 1.97. The summed E-state index contributed by atoms with van der Waals surface area (Å²) in [7, 11) is 1.93. The van der Waals surface area contributed by atoms with Crippen molar-refractivity contribution in [1.82, 2.24) is 5.32 Å². The zero-order valence-electron chi connectivity index (χ0n) is 7.39. The maximum absolute atomic E-state index is 10.6. The molecule has 0 aromatic rings. The smallest absolute Gasteiger partial charge is 0.220 e. The molecule has 3 heteroatoms. The van der Waals surface area contributed by atoms with E-state index in [2.05, 4.69) is 5.32 Å². The molecule has 0 fully saturated rings. The summed E-state index contributed by atoms with van der Waals surface area (Å²) >= 11 is 0. The Hall–Kier alpha value is -0.570. The first-order valence-corrected chi connectivity index (χ1v) is 4.12. The molecule has 0 heterocycles. The summed E-state index contributed by atoms with van der Waals surface area (Å²) in [5.74, 6) is -0.152. The van der Waals surface area contributed by atoms with Crippen LogP contribution >= 0.6 is 0 Å². The highest BCUT2D eigenvalue weighted by Crippen LogP contribution is 2.05. The second-order valence-electron chi connectivity index (χ2n) is 2.90. The molecule has 0 radical (unpaired) electrons. The first-order chi connectivity index (χ1) is 5.18. The predicted molar refractivity (Wildman–Crippen MR) is 46.1 cm³/mol. The third-order valence-electron chi connectivity index (χ3n) is 1.80. The normalized spacial score (nSPS) is 12.9. The van der Waals surface area contributed by atoms with E-state index in [4.69, 9.17) is 5.73 Å². The van der Waals surface area contributed by atoms with Gasteiger partial charge in [0.15, 0.2) is 0 Å². The first-order valence-electron chi connectivity index (χ1n) is 4.12. The van der Waals surface area contributed by atoms with Crippen molar-refractivity contribution in [2.75, 3.05) is 13.6 Å². The standard InChI is InChI=1S/C8H18N2O/c1-7(8(9)11)5-3-4-6-10-2/h7,10H,3-6H2,1-2H3,(H2,9,11)/t7-/m1/s1. The molecule has 0 aromatic heterocycles. The third kappa shape index (κ3) is 5.85. The topological polar surface area (TPSA) is 55.1 Å². The van der Waals surface area contributed by atoms with Crippen molar-refractivity contribution in [2.24, 2.45) is 11.7 Å². The van der Waals surface area contributed by atoms with Crippen LogP contribution in [0, 0.1) is 5.92 Å². The molecule has 1 amide bonds. The molecular weight excluding hydrogens is 140 g/mol. The predicted octanol–water partition coefficient (Wildman–Crippen LogP) is 0.497. The lowest BCUT2D eigenvalue weighted by molar-refractivity contribution is -0.121. The summed E-state index contributed by atoms with van der Waals surface area (Å²) in [5.41, 5.74) is 5.10. The van der Waals surface area contributed by atoms with E-state index in [0.717, 1.165) is 25.8 Å². The molecule has 3 nitrogen and oxygen atoms in total. The van der Waals surface area contributed by atoms with E-state index in [0.29, 0.717) is 0 Å². The van der Waals surface area contributed by atoms with E-state index in [1.807, 2.05) is 14.0 Å². The second kappa shape index (κ2) is 6.16. The molecule has 66 valence electrons. The number of rotatable bonds is 6. The number of hydrogen-bond donors (Lipinski definition) is 2. The van der Waals surface area contributed by atoms with Crippen molar-refractivity contribution in [3.8, 4) is 0 Å². The van der Waals surface area contributed by atoms with E-state index < -0.39 is 0 Å². The van der Waals surface area contributed by atoms with Gasteiger partial charge in [-0.2, -0.15) is 0 Å². The summed E-state index contributed by atoms with van der Waals surface area (Å²) in [4.78, 5) is 10.6. The Morgan fingerprint density at radius 2 is 2.18 bits per heavy atom. The Morgan fingerprint density at radius 3 is 2.64 bits per heavy atom. The van der Waals surface area contributed by atoms with Crippen LogP contribution < -0.4 is 11.1 Å². The Kier molecular flexibility index (Phi) is 5.84. The van der Waals surface area contributed by atoms with Crippen LogP contribution in [0.3, 0.4) is 0 Å². The van der Waals surface area contributed by atoms with Crippen LogP contribution in [0.5, 0.6) is 0 Å². The lowest BCUT2D eigenvalue weighted by atomic mass is 10.0. The third-order valence-corrected chi connectivity index (χ3v) is 1.80. The van der Waals surface area contributed by atoms with Crippen molar-refractivity contribution in [3.63, 3.8) is 0 Å². The van der Waals surface area contributed by atoms with Gasteiger partial charge in [-0.3, -0.25) is 4.79 Å². The molecule has 0 saturated carbocycles. The number of unbranched alkanes of at least 4 members (excludes halogenated alkanes) is 1. The number of carbonyl (C=O) groups excluding carboxylic acids is 1. The fourth-order valence-corrected chi connectivity index (χ4v) is 0.895. The van der Waals surface area contributed by atoms with Gasteiger partial charge in [-0.25, -0.2) is 0 Å². The van der Waals surface area contributed by atoms with Crippen LogP contribution in [0.2, 0.25) is 0 Å². The van der Waals surface area contributed by atoms with E-state index in [9.17, 15) is 4.79 Å². The largest absolute Gasteiger partial charge is 0.369 e. The average molecular weight is 158 g/mol. The Bertz CT molecular complexity index is 115. The van der Waals surface area contributed by atoms with Gasteiger partial charge in [-0.15, -0.1) is 0 Å². The Morgan fingerprint density at radius 1 is 1.55 bits per heavy atom. The molecule has 0 aliphatic carbocycles. The van der Waals surface area contributed by atoms with Gasteiger partial charge in [-0.1, -0.05) is 13.3 Å². The van der Waals surface area contributed by atoms with Crippen LogP contribution in [-0.2, 0) is 4.79 Å². The molecule has 0 aromatic carbocycles. The summed E-state index contributed by atoms with van der Waals surface area (Å²) in [6.07, 6.45) is 3.11. The minimum absolute atomic E-state index is 0.0341. The van der Waals surface area contributed by atoms with Gasteiger partial charge < -0.3 is 11.1 Å². The minimum Gasteiger partial charge on any atom is -0.369 e. The summed E-state index contributed by atoms with van der Waals surface area (Å²) in [6, 6.07) is 0. The van der Waals surface area contributed by atoms with Gasteiger partial charge in [0.2, 0.25) is 5.91 Å². The van der Waals surface area contributed by atoms with Gasteiger partial charge in [-0.05, 0) is 26.4 Å². The van der Waals surface area contributed by atoms with E-state index in [1.165, 1.54) is 0 Å². The molecular formula is C8H18N2O. The SMILES string of the molecule is CNCCCC[C@@H](C)C(N)=O. The van der Waals surface area contributed by atoms with Gasteiger partial charge >= 0.3 is 0 Å². The van der Waals surface area contributed by atoms with Crippen molar-refractivity contribution < 1.29 is 4.79 Å². The number of primary amides is 1. The molecule has 0 aliphatic heterocycles. The molecule has 0 rings (SSSR count). The fraction of sp³-hybridized carbons (Fsp3) is 0.875. The first kappa shape index (κ1) is 10.4. The molecule has 0 spiro atoms. The molecule has 0 saturated heterocycles. The summed E-state index contributed by atoms with van der Waals surface area (Å²) in [5, 5.41) is 3.05. The lowest BCUT2D eigenvalue weighted by Gasteiger charge is -2.05. The van der Waals surface area contributed by atoms with E-state index in [1.54, 1.807) is 0 Å². The number of carbonyl (C=O) groups is 1. The number of nitrogens with two attached hydrogens (primary N) is 1. The molecule has 1 atom stereocenters. The maximum atomic E-state index is 10.6. The van der Waals surface area contributed by atoms with Crippen LogP contribution in [0.25, 0.3) is 0 Å². The maximum Gasteiger partial charge on any atom is 0.220 e. The fourth-order valence-electron chi connectivity index (χ4n) is 0.895. The summed E-state index contributed by atoms with van der Waals surface area (Å²) in [6.45, 7) is 2.90. The minimum atomic E-state index is -0.186. The molecule has 0 unspecified atom stereocenters. The zero-order chi connectivity index (χ0) is 8.69.